The lowest BCUT2D eigenvalue weighted by Gasteiger charge is -2.07. The fourth-order valence-electron chi connectivity index (χ4n) is 1.49. The molecule has 8 heteroatoms. The Morgan fingerprint density at radius 3 is 2.58 bits per heavy atom. The molecule has 0 saturated carbocycles. The second-order valence-corrected chi connectivity index (χ2v) is 6.28. The zero-order valence-corrected chi connectivity index (χ0v) is 11.7. The van der Waals surface area contributed by atoms with Crippen molar-refractivity contribution in [1.29, 1.82) is 0 Å². The van der Waals surface area contributed by atoms with Gasteiger partial charge in [0.25, 0.3) is 0 Å². The van der Waals surface area contributed by atoms with Gasteiger partial charge in [-0.05, 0) is 24.3 Å². The zero-order valence-electron chi connectivity index (χ0n) is 10.0. The summed E-state index contributed by atoms with van der Waals surface area (Å²) in [4.78, 5) is 4.31. The van der Waals surface area contributed by atoms with Crippen LogP contribution in [0.15, 0.2) is 40.1 Å². The lowest BCUT2D eigenvalue weighted by Crippen LogP contribution is -2.26. The molecule has 1 aromatic carbocycles. The average Bonchev–Trinajstić information content (AvgIpc) is 2.92. The Kier molecular flexibility index (Phi) is 4.48. The van der Waals surface area contributed by atoms with E-state index in [-0.39, 0.29) is 4.90 Å². The highest BCUT2D eigenvalue weighted by Crippen LogP contribution is 2.13. The number of hydrazine groups is 1. The van der Waals surface area contributed by atoms with Crippen molar-refractivity contribution in [3.8, 4) is 0 Å². The maximum Gasteiger partial charge on any atom is 0.240 e. The van der Waals surface area contributed by atoms with Gasteiger partial charge in [-0.25, -0.2) is 18.1 Å². The van der Waals surface area contributed by atoms with Crippen molar-refractivity contribution in [3.05, 3.63) is 40.8 Å². The van der Waals surface area contributed by atoms with E-state index in [1.165, 1.54) is 23.5 Å². The summed E-state index contributed by atoms with van der Waals surface area (Å²) in [5.41, 5.74) is 5.71. The predicted molar refractivity (Wildman–Crippen MR) is 75.3 cm³/mol. The van der Waals surface area contributed by atoms with E-state index in [0.29, 0.717) is 18.7 Å². The molecule has 0 amide bonds. The molecule has 1 aromatic heterocycles. The lowest BCUT2D eigenvalue weighted by molar-refractivity contribution is 0.581. The number of benzene rings is 1. The van der Waals surface area contributed by atoms with Gasteiger partial charge in [0.15, 0.2) is 0 Å². The molecule has 0 aliphatic heterocycles. The number of nitrogens with zero attached hydrogens (tertiary/aromatic N) is 1. The molecular weight excluding hydrogens is 284 g/mol. The largest absolute Gasteiger partial charge is 0.324 e. The van der Waals surface area contributed by atoms with Crippen molar-refractivity contribution >= 4 is 27.0 Å². The smallest absolute Gasteiger partial charge is 0.240 e. The second kappa shape index (κ2) is 6.11. The number of hydrogen-bond acceptors (Lipinski definition) is 6. The summed E-state index contributed by atoms with van der Waals surface area (Å²) in [5.74, 6) is 5.22. The summed E-state index contributed by atoms with van der Waals surface area (Å²) >= 11 is 1.49. The Hall–Kier alpha value is -1.48. The molecule has 0 bridgehead atoms. The Morgan fingerprint density at radius 1 is 1.26 bits per heavy atom. The third-order valence-electron chi connectivity index (χ3n) is 2.49. The third kappa shape index (κ3) is 3.74. The molecule has 0 fully saturated rings. The minimum Gasteiger partial charge on any atom is -0.324 e. The molecule has 0 aliphatic carbocycles. The van der Waals surface area contributed by atoms with Crippen molar-refractivity contribution in [1.82, 2.24) is 9.71 Å². The maximum atomic E-state index is 12.0. The standard InChI is InChI=1S/C11H14N4O2S2/c12-15-9-1-3-11(4-2-9)19(16,17)14-6-5-10-7-18-8-13-10/h1-4,7-8,14-15H,5-6,12H2. The van der Waals surface area contributed by atoms with Gasteiger partial charge in [-0.15, -0.1) is 11.3 Å². The van der Waals surface area contributed by atoms with Crippen molar-refractivity contribution in [2.75, 3.05) is 12.0 Å². The van der Waals surface area contributed by atoms with Gasteiger partial charge in [0.05, 0.1) is 16.1 Å². The molecule has 0 atom stereocenters. The molecule has 0 radical (unpaired) electrons. The Morgan fingerprint density at radius 2 is 2.00 bits per heavy atom. The number of nitrogen functional groups attached to an aromatic ring is 1. The van der Waals surface area contributed by atoms with Crippen LogP contribution in [0.3, 0.4) is 0 Å². The number of sulfonamides is 1. The zero-order chi connectivity index (χ0) is 13.7. The minimum absolute atomic E-state index is 0.213. The number of rotatable bonds is 6. The molecule has 2 rings (SSSR count). The van der Waals surface area contributed by atoms with Gasteiger partial charge >= 0.3 is 0 Å². The quantitative estimate of drug-likeness (QED) is 0.545. The molecule has 0 saturated heterocycles. The van der Waals surface area contributed by atoms with E-state index in [1.54, 1.807) is 17.6 Å². The van der Waals surface area contributed by atoms with Crippen LogP contribution < -0.4 is 16.0 Å². The number of nitrogens with two attached hydrogens (primary N) is 1. The molecule has 2 aromatic rings. The van der Waals surface area contributed by atoms with Gasteiger partial charge < -0.3 is 5.43 Å². The summed E-state index contributed by atoms with van der Waals surface area (Å²) < 4.78 is 26.5. The van der Waals surface area contributed by atoms with Crippen LogP contribution >= 0.6 is 11.3 Å². The molecule has 4 N–H and O–H groups in total. The highest BCUT2D eigenvalue weighted by molar-refractivity contribution is 7.89. The number of nitrogens with one attached hydrogen (secondary N) is 2. The molecule has 0 unspecified atom stereocenters. The van der Waals surface area contributed by atoms with E-state index in [0.717, 1.165) is 5.69 Å². The third-order valence-corrected chi connectivity index (χ3v) is 4.60. The van der Waals surface area contributed by atoms with Gasteiger partial charge in [0, 0.05) is 24.0 Å². The first kappa shape index (κ1) is 13.9. The lowest BCUT2D eigenvalue weighted by atomic mass is 10.3. The van der Waals surface area contributed by atoms with Crippen molar-refractivity contribution < 1.29 is 8.42 Å². The van der Waals surface area contributed by atoms with Crippen molar-refractivity contribution in [2.24, 2.45) is 5.84 Å². The molecule has 1 heterocycles. The highest BCUT2D eigenvalue weighted by atomic mass is 32.2. The second-order valence-electron chi connectivity index (χ2n) is 3.80. The van der Waals surface area contributed by atoms with Gasteiger partial charge in [-0.3, -0.25) is 5.84 Å². The van der Waals surface area contributed by atoms with Crippen LogP contribution in [0.2, 0.25) is 0 Å². The fourth-order valence-corrected chi connectivity index (χ4v) is 3.11. The number of aromatic nitrogens is 1. The van der Waals surface area contributed by atoms with Crippen molar-refractivity contribution in [2.45, 2.75) is 11.3 Å². The van der Waals surface area contributed by atoms with E-state index < -0.39 is 10.0 Å². The van der Waals surface area contributed by atoms with Crippen LogP contribution in [0, 0.1) is 0 Å². The Labute approximate surface area is 115 Å². The Bertz CT molecular complexity index is 609. The fraction of sp³-hybridized carbons (Fsp3) is 0.182. The van der Waals surface area contributed by atoms with Crippen molar-refractivity contribution in [3.63, 3.8) is 0 Å². The van der Waals surface area contributed by atoms with E-state index in [1.807, 2.05) is 5.38 Å². The van der Waals surface area contributed by atoms with Crippen LogP contribution in [0.25, 0.3) is 0 Å². The maximum absolute atomic E-state index is 12.0. The van der Waals surface area contributed by atoms with Gasteiger partial charge in [0.1, 0.15) is 0 Å². The molecule has 6 nitrogen and oxygen atoms in total. The number of hydrogen-bond donors (Lipinski definition) is 3. The molecular formula is C11H14N4O2S2. The van der Waals surface area contributed by atoms with E-state index in [9.17, 15) is 8.42 Å². The van der Waals surface area contributed by atoms with Gasteiger partial charge in [0.2, 0.25) is 10.0 Å². The summed E-state index contributed by atoms with van der Waals surface area (Å²) in [6, 6.07) is 6.21. The molecule has 102 valence electrons. The van der Waals surface area contributed by atoms with Crippen LogP contribution in [0.4, 0.5) is 5.69 Å². The minimum atomic E-state index is -3.48. The van der Waals surface area contributed by atoms with Crippen LogP contribution in [0.1, 0.15) is 5.69 Å². The first-order chi connectivity index (χ1) is 9.12. The van der Waals surface area contributed by atoms with Crippen LogP contribution in [-0.4, -0.2) is 19.9 Å². The monoisotopic (exact) mass is 298 g/mol. The number of anilines is 1. The SMILES string of the molecule is NNc1ccc(S(=O)(=O)NCCc2cscn2)cc1. The molecule has 0 aliphatic rings. The van der Waals surface area contributed by atoms with Gasteiger partial charge in [-0.2, -0.15) is 0 Å². The first-order valence-electron chi connectivity index (χ1n) is 5.55. The average molecular weight is 298 g/mol. The molecule has 0 spiro atoms. The summed E-state index contributed by atoms with van der Waals surface area (Å²) in [6.07, 6.45) is 0.575. The summed E-state index contributed by atoms with van der Waals surface area (Å²) in [5, 5.41) is 1.90. The topological polar surface area (TPSA) is 97.1 Å². The Balaban J connectivity index is 1.97. The predicted octanol–water partition coefficient (Wildman–Crippen LogP) is 0.950. The normalized spacial score (nSPS) is 11.4. The molecule has 19 heavy (non-hydrogen) atoms. The van der Waals surface area contributed by atoms with E-state index in [2.05, 4.69) is 15.1 Å². The summed E-state index contributed by atoms with van der Waals surface area (Å²) in [6.45, 7) is 0.322. The van der Waals surface area contributed by atoms with Gasteiger partial charge in [-0.1, -0.05) is 0 Å². The van der Waals surface area contributed by atoms with E-state index in [4.69, 9.17) is 5.84 Å². The van der Waals surface area contributed by atoms with Crippen LogP contribution in [0.5, 0.6) is 0 Å². The van der Waals surface area contributed by atoms with E-state index >= 15 is 0 Å². The number of thiazole rings is 1. The summed E-state index contributed by atoms with van der Waals surface area (Å²) in [7, 11) is -3.48. The van der Waals surface area contributed by atoms with Crippen LogP contribution in [-0.2, 0) is 16.4 Å². The highest BCUT2D eigenvalue weighted by Gasteiger charge is 2.13. The first-order valence-corrected chi connectivity index (χ1v) is 7.98.